The van der Waals surface area contributed by atoms with Gasteiger partial charge in [0.25, 0.3) is 0 Å². The standard InChI is InChI=1S/C17H25NO2/c1-12-9-16(10-13(2)19-12)20-15-8-7-14-5-3-4-6-17(14)18-11-15/h3-6,12-13,15-16,18H,7-11H2,1-2H3. The topological polar surface area (TPSA) is 30.5 Å². The van der Waals surface area contributed by atoms with Gasteiger partial charge in [0.2, 0.25) is 0 Å². The zero-order chi connectivity index (χ0) is 13.9. The Morgan fingerprint density at radius 3 is 2.65 bits per heavy atom. The highest BCUT2D eigenvalue weighted by Gasteiger charge is 2.28. The second kappa shape index (κ2) is 6.15. The Labute approximate surface area is 121 Å². The van der Waals surface area contributed by atoms with Crippen molar-refractivity contribution in [3.63, 3.8) is 0 Å². The Hall–Kier alpha value is -1.06. The van der Waals surface area contributed by atoms with Crippen molar-refractivity contribution < 1.29 is 9.47 Å². The predicted octanol–water partition coefficient (Wildman–Crippen LogP) is 3.39. The second-order valence-electron chi connectivity index (χ2n) is 6.19. The van der Waals surface area contributed by atoms with Crippen molar-refractivity contribution in [3.05, 3.63) is 29.8 Å². The smallest absolute Gasteiger partial charge is 0.0754 e. The van der Waals surface area contributed by atoms with E-state index in [1.165, 1.54) is 11.3 Å². The van der Waals surface area contributed by atoms with Gasteiger partial charge in [-0.3, -0.25) is 0 Å². The zero-order valence-electron chi connectivity index (χ0n) is 12.5. The average molecular weight is 275 g/mol. The molecular formula is C17H25NO2. The molecule has 2 heterocycles. The molecule has 1 fully saturated rings. The van der Waals surface area contributed by atoms with Crippen LogP contribution in [0.5, 0.6) is 0 Å². The molecule has 0 amide bonds. The SMILES string of the molecule is CC1CC(OC2CCc3ccccc3NC2)CC(C)O1. The molecule has 0 saturated carbocycles. The molecule has 1 aromatic rings. The fourth-order valence-electron chi connectivity index (χ4n) is 3.40. The number of rotatable bonds is 2. The van der Waals surface area contributed by atoms with Gasteiger partial charge in [0, 0.05) is 12.2 Å². The van der Waals surface area contributed by atoms with Gasteiger partial charge in [-0.05, 0) is 51.2 Å². The Kier molecular flexibility index (Phi) is 4.27. The lowest BCUT2D eigenvalue weighted by Crippen LogP contribution is -2.37. The van der Waals surface area contributed by atoms with E-state index in [2.05, 4.69) is 43.4 Å². The van der Waals surface area contributed by atoms with E-state index in [0.29, 0.717) is 24.4 Å². The van der Waals surface area contributed by atoms with Gasteiger partial charge < -0.3 is 14.8 Å². The second-order valence-corrected chi connectivity index (χ2v) is 6.19. The molecule has 1 N–H and O–H groups in total. The van der Waals surface area contributed by atoms with Crippen LogP contribution in [0.25, 0.3) is 0 Å². The molecule has 3 heteroatoms. The minimum atomic E-state index is 0.310. The number of benzene rings is 1. The summed E-state index contributed by atoms with van der Waals surface area (Å²) in [7, 11) is 0. The summed E-state index contributed by atoms with van der Waals surface area (Å²) in [4.78, 5) is 0. The van der Waals surface area contributed by atoms with E-state index in [4.69, 9.17) is 9.47 Å². The summed E-state index contributed by atoms with van der Waals surface area (Å²) >= 11 is 0. The first kappa shape index (κ1) is 13.9. The Balaban J connectivity index is 1.57. The average Bonchev–Trinajstić information content (AvgIpc) is 2.61. The van der Waals surface area contributed by atoms with E-state index in [0.717, 1.165) is 32.2 Å². The van der Waals surface area contributed by atoms with Gasteiger partial charge in [-0.1, -0.05) is 18.2 Å². The molecule has 0 aliphatic carbocycles. The summed E-state index contributed by atoms with van der Waals surface area (Å²) in [6.45, 7) is 5.21. The summed E-state index contributed by atoms with van der Waals surface area (Å²) in [5.74, 6) is 0. The van der Waals surface area contributed by atoms with E-state index >= 15 is 0 Å². The first-order valence-corrected chi connectivity index (χ1v) is 7.83. The molecule has 3 nitrogen and oxygen atoms in total. The van der Waals surface area contributed by atoms with Crippen LogP contribution in [0.15, 0.2) is 24.3 Å². The van der Waals surface area contributed by atoms with Crippen LogP contribution in [0.2, 0.25) is 0 Å². The minimum absolute atomic E-state index is 0.310. The van der Waals surface area contributed by atoms with Crippen molar-refractivity contribution in [2.75, 3.05) is 11.9 Å². The number of fused-ring (bicyclic) bond motifs is 1. The molecule has 0 aromatic heterocycles. The molecule has 110 valence electrons. The lowest BCUT2D eigenvalue weighted by Gasteiger charge is -2.34. The molecule has 0 radical (unpaired) electrons. The first-order chi connectivity index (χ1) is 9.70. The Bertz CT molecular complexity index is 411. The molecule has 2 aliphatic rings. The summed E-state index contributed by atoms with van der Waals surface area (Å²) in [5, 5.41) is 3.53. The van der Waals surface area contributed by atoms with Crippen molar-refractivity contribution >= 4 is 5.69 Å². The molecule has 3 unspecified atom stereocenters. The van der Waals surface area contributed by atoms with Gasteiger partial charge in [0.1, 0.15) is 0 Å². The lowest BCUT2D eigenvalue weighted by atomic mass is 10.0. The van der Waals surface area contributed by atoms with Crippen LogP contribution in [0, 0.1) is 0 Å². The maximum absolute atomic E-state index is 6.34. The number of aryl methyl sites for hydroxylation is 1. The molecule has 1 aromatic carbocycles. The van der Waals surface area contributed by atoms with Crippen LogP contribution in [-0.4, -0.2) is 31.0 Å². The highest BCUT2D eigenvalue weighted by molar-refractivity contribution is 5.52. The van der Waals surface area contributed by atoms with Crippen LogP contribution in [-0.2, 0) is 15.9 Å². The highest BCUT2D eigenvalue weighted by Crippen LogP contribution is 2.26. The van der Waals surface area contributed by atoms with Crippen molar-refractivity contribution in [1.82, 2.24) is 0 Å². The normalized spacial score (nSPS) is 33.9. The quantitative estimate of drug-likeness (QED) is 0.897. The van der Waals surface area contributed by atoms with Crippen molar-refractivity contribution in [1.29, 1.82) is 0 Å². The number of para-hydroxylation sites is 1. The lowest BCUT2D eigenvalue weighted by molar-refractivity contribution is -0.119. The monoisotopic (exact) mass is 275 g/mol. The third kappa shape index (κ3) is 3.33. The van der Waals surface area contributed by atoms with Crippen LogP contribution in [0.3, 0.4) is 0 Å². The third-order valence-electron chi connectivity index (χ3n) is 4.31. The highest BCUT2D eigenvalue weighted by atomic mass is 16.5. The zero-order valence-corrected chi connectivity index (χ0v) is 12.5. The largest absolute Gasteiger partial charge is 0.382 e. The molecule has 0 bridgehead atoms. The van der Waals surface area contributed by atoms with Crippen LogP contribution in [0.4, 0.5) is 5.69 Å². The van der Waals surface area contributed by atoms with Crippen molar-refractivity contribution in [2.24, 2.45) is 0 Å². The molecule has 2 aliphatic heterocycles. The maximum Gasteiger partial charge on any atom is 0.0754 e. The van der Waals surface area contributed by atoms with Gasteiger partial charge in [0.05, 0.1) is 24.4 Å². The fraction of sp³-hybridized carbons (Fsp3) is 0.647. The van der Waals surface area contributed by atoms with Gasteiger partial charge in [0.15, 0.2) is 0 Å². The summed E-state index contributed by atoms with van der Waals surface area (Å²) < 4.78 is 12.1. The Morgan fingerprint density at radius 1 is 1.10 bits per heavy atom. The number of anilines is 1. The van der Waals surface area contributed by atoms with E-state index in [9.17, 15) is 0 Å². The fourth-order valence-corrected chi connectivity index (χ4v) is 3.40. The van der Waals surface area contributed by atoms with Crippen molar-refractivity contribution in [3.8, 4) is 0 Å². The minimum Gasteiger partial charge on any atom is -0.382 e. The van der Waals surface area contributed by atoms with Gasteiger partial charge >= 0.3 is 0 Å². The number of nitrogens with one attached hydrogen (secondary N) is 1. The molecule has 3 atom stereocenters. The van der Waals surface area contributed by atoms with Gasteiger partial charge in [-0.25, -0.2) is 0 Å². The Morgan fingerprint density at radius 2 is 1.85 bits per heavy atom. The number of hydrogen-bond donors (Lipinski definition) is 1. The molecule has 1 saturated heterocycles. The maximum atomic E-state index is 6.34. The van der Waals surface area contributed by atoms with E-state index < -0.39 is 0 Å². The van der Waals surface area contributed by atoms with Crippen LogP contribution >= 0.6 is 0 Å². The number of hydrogen-bond acceptors (Lipinski definition) is 3. The predicted molar refractivity (Wildman–Crippen MR) is 81.2 cm³/mol. The van der Waals surface area contributed by atoms with Crippen molar-refractivity contribution in [2.45, 2.75) is 63.9 Å². The summed E-state index contributed by atoms with van der Waals surface area (Å²) in [6, 6.07) is 8.58. The van der Waals surface area contributed by atoms with E-state index in [1.807, 2.05) is 0 Å². The number of ether oxygens (including phenoxy) is 2. The van der Waals surface area contributed by atoms with Crippen LogP contribution < -0.4 is 5.32 Å². The third-order valence-corrected chi connectivity index (χ3v) is 4.31. The molecule has 3 rings (SSSR count). The molecular weight excluding hydrogens is 250 g/mol. The van der Waals surface area contributed by atoms with E-state index in [1.54, 1.807) is 0 Å². The van der Waals surface area contributed by atoms with Crippen LogP contribution in [0.1, 0.15) is 38.7 Å². The van der Waals surface area contributed by atoms with Gasteiger partial charge in [-0.15, -0.1) is 0 Å². The molecule has 0 spiro atoms. The van der Waals surface area contributed by atoms with E-state index in [-0.39, 0.29) is 0 Å². The van der Waals surface area contributed by atoms with Gasteiger partial charge in [-0.2, -0.15) is 0 Å². The first-order valence-electron chi connectivity index (χ1n) is 7.83. The summed E-state index contributed by atoms with van der Waals surface area (Å²) in [6.07, 6.45) is 5.54. The molecule has 20 heavy (non-hydrogen) atoms. The summed E-state index contributed by atoms with van der Waals surface area (Å²) in [5.41, 5.74) is 2.68.